The molecule has 6 nitrogen and oxygen atoms in total. The number of esters is 1. The van der Waals surface area contributed by atoms with Gasteiger partial charge in [-0.3, -0.25) is 9.59 Å². The third kappa shape index (κ3) is 4.62. The van der Waals surface area contributed by atoms with Gasteiger partial charge in [0.05, 0.1) is 24.2 Å². The van der Waals surface area contributed by atoms with Crippen LogP contribution in [0, 0.1) is 0 Å². The number of nitrogens with one attached hydrogen (secondary N) is 2. The number of ether oxygens (including phenoxy) is 1. The van der Waals surface area contributed by atoms with Crippen LogP contribution in [0.15, 0.2) is 23.0 Å². The lowest BCUT2D eigenvalue weighted by Gasteiger charge is -2.22. The number of nitrogens with zero attached hydrogens (tertiary/aromatic N) is 1. The summed E-state index contributed by atoms with van der Waals surface area (Å²) in [4.78, 5) is 28.7. The van der Waals surface area contributed by atoms with Crippen molar-refractivity contribution in [3.05, 3.63) is 34.1 Å². The first-order valence-electron chi connectivity index (χ1n) is 8.39. The van der Waals surface area contributed by atoms with Crippen molar-refractivity contribution in [1.82, 2.24) is 4.98 Å². The predicted octanol–water partition coefficient (Wildman–Crippen LogP) is 3.12. The summed E-state index contributed by atoms with van der Waals surface area (Å²) in [6, 6.07) is 6.00. The van der Waals surface area contributed by atoms with Gasteiger partial charge in [-0.05, 0) is 38.0 Å². The van der Waals surface area contributed by atoms with Gasteiger partial charge in [0, 0.05) is 36.8 Å². The number of halogens is 2. The van der Waals surface area contributed by atoms with Crippen molar-refractivity contribution >= 4 is 53.1 Å². The molecule has 0 radical (unpaired) electrons. The summed E-state index contributed by atoms with van der Waals surface area (Å²) in [5.74, 6) is -0.197. The molecule has 1 aromatic heterocycles. The highest BCUT2D eigenvalue weighted by Gasteiger charge is 2.16. The molecule has 1 aliphatic heterocycles. The Balaban J connectivity index is 0.00000169. The number of hydrogen-bond acceptors (Lipinski definition) is 5. The van der Waals surface area contributed by atoms with Crippen molar-refractivity contribution in [2.24, 2.45) is 0 Å². The Morgan fingerprint density at radius 3 is 2.81 bits per heavy atom. The van der Waals surface area contributed by atoms with E-state index in [1.54, 1.807) is 6.92 Å². The molecular weight excluding hydrogens is 377 g/mol. The van der Waals surface area contributed by atoms with Crippen molar-refractivity contribution in [2.45, 2.75) is 26.2 Å². The molecule has 2 heterocycles. The first-order chi connectivity index (χ1) is 11.6. The van der Waals surface area contributed by atoms with E-state index in [0.717, 1.165) is 47.2 Å². The van der Waals surface area contributed by atoms with Crippen molar-refractivity contribution in [2.75, 3.05) is 37.0 Å². The molecule has 1 aliphatic rings. The van der Waals surface area contributed by atoms with E-state index in [4.69, 9.17) is 4.74 Å². The fourth-order valence-corrected chi connectivity index (χ4v) is 3.11. The Hall–Kier alpha value is -1.92. The van der Waals surface area contributed by atoms with Gasteiger partial charge >= 0.3 is 5.97 Å². The molecule has 144 valence electrons. The topological polar surface area (TPSA) is 74.4 Å². The second-order valence-corrected chi connectivity index (χ2v) is 6.04. The van der Waals surface area contributed by atoms with Gasteiger partial charge in [0.1, 0.15) is 0 Å². The molecule has 0 amide bonds. The van der Waals surface area contributed by atoms with E-state index in [-0.39, 0.29) is 36.3 Å². The van der Waals surface area contributed by atoms with Gasteiger partial charge in [0.2, 0.25) is 0 Å². The average Bonchev–Trinajstić information content (AvgIpc) is 2.60. The van der Waals surface area contributed by atoms with Crippen molar-refractivity contribution in [3.63, 3.8) is 0 Å². The summed E-state index contributed by atoms with van der Waals surface area (Å²) in [6.45, 7) is 3.67. The van der Waals surface area contributed by atoms with Crippen LogP contribution < -0.4 is 15.8 Å². The number of pyridine rings is 1. The molecule has 1 aromatic carbocycles. The summed E-state index contributed by atoms with van der Waals surface area (Å²) < 4.78 is 4.95. The van der Waals surface area contributed by atoms with Gasteiger partial charge in [-0.1, -0.05) is 0 Å². The van der Waals surface area contributed by atoms with Crippen molar-refractivity contribution < 1.29 is 9.53 Å². The molecule has 0 saturated heterocycles. The third-order valence-electron chi connectivity index (χ3n) is 4.40. The van der Waals surface area contributed by atoms with Gasteiger partial charge in [-0.15, -0.1) is 24.8 Å². The predicted molar refractivity (Wildman–Crippen MR) is 110 cm³/mol. The standard InChI is InChI=1S/C18H23N3O3.2ClH/c1-3-24-16(22)8-10-21(2)12-6-7-13-15(11-12)20-18(23)14-5-4-9-19-17(13)14;;/h6-7,11,19H,3-5,8-10H2,1-2H3,(H,20,23);2*1H. The maximum atomic E-state index is 12.3. The number of hydrogen-bond donors (Lipinski definition) is 2. The summed E-state index contributed by atoms with van der Waals surface area (Å²) in [6.07, 6.45) is 2.13. The molecule has 2 aromatic rings. The SMILES string of the molecule is CCOC(=O)CCN(C)c1ccc2c3c(c(=O)[nH]c2c1)CCCN3.Cl.Cl. The van der Waals surface area contributed by atoms with E-state index in [2.05, 4.69) is 10.3 Å². The number of carbonyl (C=O) groups excluding carboxylic acids is 1. The van der Waals surface area contributed by atoms with Crippen LogP contribution in [0.2, 0.25) is 0 Å². The Morgan fingerprint density at radius 2 is 2.08 bits per heavy atom. The van der Waals surface area contributed by atoms with Crippen LogP contribution in [0.3, 0.4) is 0 Å². The number of aromatic nitrogens is 1. The number of carbonyl (C=O) groups is 1. The lowest BCUT2D eigenvalue weighted by atomic mass is 10.0. The third-order valence-corrected chi connectivity index (χ3v) is 4.40. The van der Waals surface area contributed by atoms with E-state index in [0.29, 0.717) is 19.6 Å². The zero-order valence-electron chi connectivity index (χ0n) is 15.0. The van der Waals surface area contributed by atoms with Gasteiger partial charge in [0.25, 0.3) is 5.56 Å². The second-order valence-electron chi connectivity index (χ2n) is 6.04. The zero-order valence-corrected chi connectivity index (χ0v) is 16.6. The molecule has 0 bridgehead atoms. The lowest BCUT2D eigenvalue weighted by molar-refractivity contribution is -0.142. The fraction of sp³-hybridized carbons (Fsp3) is 0.444. The Kier molecular flexibility index (Phi) is 8.24. The smallest absolute Gasteiger partial charge is 0.307 e. The van der Waals surface area contributed by atoms with Gasteiger partial charge < -0.3 is 19.9 Å². The van der Waals surface area contributed by atoms with Gasteiger partial charge in [-0.25, -0.2) is 0 Å². The first-order valence-corrected chi connectivity index (χ1v) is 8.39. The summed E-state index contributed by atoms with van der Waals surface area (Å²) >= 11 is 0. The molecule has 0 unspecified atom stereocenters. The number of rotatable bonds is 5. The van der Waals surface area contributed by atoms with Crippen molar-refractivity contribution in [3.8, 4) is 0 Å². The fourth-order valence-electron chi connectivity index (χ4n) is 3.11. The van der Waals surface area contributed by atoms with Crippen LogP contribution in [0.4, 0.5) is 11.4 Å². The van der Waals surface area contributed by atoms with Crippen LogP contribution in [-0.2, 0) is 16.0 Å². The quantitative estimate of drug-likeness (QED) is 0.752. The second kappa shape index (κ2) is 9.69. The van der Waals surface area contributed by atoms with E-state index in [9.17, 15) is 9.59 Å². The summed E-state index contributed by atoms with van der Waals surface area (Å²) in [5.41, 5.74) is 3.56. The number of anilines is 2. The highest BCUT2D eigenvalue weighted by molar-refractivity contribution is 5.95. The number of fused-ring (bicyclic) bond motifs is 3. The van der Waals surface area contributed by atoms with Gasteiger partial charge in [-0.2, -0.15) is 0 Å². The molecule has 0 saturated carbocycles. The molecule has 3 rings (SSSR count). The molecule has 0 atom stereocenters. The Morgan fingerprint density at radius 1 is 1.31 bits per heavy atom. The number of aromatic amines is 1. The normalized spacial score (nSPS) is 12.2. The maximum absolute atomic E-state index is 12.3. The molecule has 0 spiro atoms. The molecular formula is C18H25Cl2N3O3. The van der Waals surface area contributed by atoms with E-state index in [1.807, 2.05) is 30.1 Å². The van der Waals surface area contributed by atoms with Crippen molar-refractivity contribution in [1.29, 1.82) is 0 Å². The molecule has 26 heavy (non-hydrogen) atoms. The first kappa shape index (κ1) is 22.1. The van der Waals surface area contributed by atoms with Gasteiger partial charge in [0.15, 0.2) is 0 Å². The Bertz CT molecular complexity index is 823. The molecule has 0 aliphatic carbocycles. The minimum absolute atomic E-state index is 0. The summed E-state index contributed by atoms with van der Waals surface area (Å²) in [5, 5.41) is 4.39. The highest BCUT2D eigenvalue weighted by Crippen LogP contribution is 2.29. The minimum Gasteiger partial charge on any atom is -0.466 e. The Labute approximate surface area is 165 Å². The van der Waals surface area contributed by atoms with E-state index >= 15 is 0 Å². The molecule has 0 fully saturated rings. The van der Waals surface area contributed by atoms with Crippen LogP contribution in [0.25, 0.3) is 10.9 Å². The summed E-state index contributed by atoms with van der Waals surface area (Å²) in [7, 11) is 1.93. The number of H-pyrrole nitrogens is 1. The molecule has 8 heteroatoms. The van der Waals surface area contributed by atoms with E-state index < -0.39 is 0 Å². The largest absolute Gasteiger partial charge is 0.466 e. The van der Waals surface area contributed by atoms with Crippen LogP contribution in [0.1, 0.15) is 25.3 Å². The van der Waals surface area contributed by atoms with Crippen LogP contribution in [0.5, 0.6) is 0 Å². The molecule has 2 N–H and O–H groups in total. The minimum atomic E-state index is -0.197. The highest BCUT2D eigenvalue weighted by atomic mass is 35.5. The van der Waals surface area contributed by atoms with Crippen LogP contribution >= 0.6 is 24.8 Å². The monoisotopic (exact) mass is 401 g/mol. The zero-order chi connectivity index (χ0) is 17.1. The average molecular weight is 402 g/mol. The van der Waals surface area contributed by atoms with Crippen LogP contribution in [-0.4, -0.2) is 37.7 Å². The van der Waals surface area contributed by atoms with E-state index in [1.165, 1.54) is 0 Å². The lowest BCUT2D eigenvalue weighted by Crippen LogP contribution is -2.23. The number of benzene rings is 1. The maximum Gasteiger partial charge on any atom is 0.307 e.